The van der Waals surface area contributed by atoms with Gasteiger partial charge < -0.3 is 9.32 Å². The number of benzene rings is 1. The predicted molar refractivity (Wildman–Crippen MR) is 61.4 cm³/mol. The Bertz CT molecular complexity index is 633. The third-order valence-corrected chi connectivity index (χ3v) is 3.36. The Morgan fingerprint density at radius 3 is 2.62 bits per heavy atom. The molecule has 7 heteroatoms. The van der Waals surface area contributed by atoms with E-state index in [1.54, 1.807) is 19.0 Å². The summed E-state index contributed by atoms with van der Waals surface area (Å²) >= 11 is 0. The molecular weight excluding hydrogens is 252 g/mol. The van der Waals surface area contributed by atoms with E-state index in [2.05, 4.69) is 4.98 Å². The van der Waals surface area contributed by atoms with Gasteiger partial charge in [-0.2, -0.15) is 4.98 Å². The van der Waals surface area contributed by atoms with Gasteiger partial charge in [-0.25, -0.2) is 8.42 Å². The SMILES string of the molecule is CN(C)c1nc2cc(S(=O)(=O)Cl)ccc2o1. The molecule has 0 aliphatic carbocycles. The second kappa shape index (κ2) is 3.64. The Kier molecular flexibility index (Phi) is 2.55. The minimum absolute atomic E-state index is 0.0141. The van der Waals surface area contributed by atoms with Crippen molar-refractivity contribution in [2.24, 2.45) is 0 Å². The molecule has 0 unspecified atom stereocenters. The van der Waals surface area contributed by atoms with Crippen LogP contribution in [-0.2, 0) is 9.05 Å². The standard InChI is InChI=1S/C9H9ClN2O3S/c1-12(2)9-11-7-5-6(16(10,13)14)3-4-8(7)15-9/h3-5H,1-2H3. The lowest BCUT2D eigenvalue weighted by Crippen LogP contribution is -2.08. The van der Waals surface area contributed by atoms with Crippen molar-refractivity contribution >= 4 is 36.8 Å². The van der Waals surface area contributed by atoms with Gasteiger partial charge in [0.15, 0.2) is 5.58 Å². The van der Waals surface area contributed by atoms with Crippen LogP contribution in [0.25, 0.3) is 11.1 Å². The molecule has 5 nitrogen and oxygen atoms in total. The van der Waals surface area contributed by atoms with Crippen LogP contribution in [0.2, 0.25) is 0 Å². The lowest BCUT2D eigenvalue weighted by atomic mass is 10.3. The van der Waals surface area contributed by atoms with Crippen LogP contribution in [-0.4, -0.2) is 27.5 Å². The summed E-state index contributed by atoms with van der Waals surface area (Å²) in [5, 5.41) is 0. The van der Waals surface area contributed by atoms with Gasteiger partial charge in [0.25, 0.3) is 15.1 Å². The van der Waals surface area contributed by atoms with Crippen LogP contribution in [0.15, 0.2) is 27.5 Å². The summed E-state index contributed by atoms with van der Waals surface area (Å²) < 4.78 is 27.6. The minimum Gasteiger partial charge on any atom is -0.423 e. The number of hydrogen-bond donors (Lipinski definition) is 0. The Morgan fingerprint density at radius 1 is 1.38 bits per heavy atom. The van der Waals surface area contributed by atoms with Crippen molar-refractivity contribution < 1.29 is 12.8 Å². The molecule has 0 bridgehead atoms. The highest BCUT2D eigenvalue weighted by molar-refractivity contribution is 8.13. The Hall–Kier alpha value is -1.27. The lowest BCUT2D eigenvalue weighted by Gasteiger charge is -2.03. The maximum atomic E-state index is 11.1. The molecule has 16 heavy (non-hydrogen) atoms. The monoisotopic (exact) mass is 260 g/mol. The van der Waals surface area contributed by atoms with E-state index in [0.717, 1.165) is 0 Å². The lowest BCUT2D eigenvalue weighted by molar-refractivity contribution is 0.596. The number of rotatable bonds is 2. The van der Waals surface area contributed by atoms with Crippen molar-refractivity contribution in [3.63, 3.8) is 0 Å². The summed E-state index contributed by atoms with van der Waals surface area (Å²) in [4.78, 5) is 5.83. The zero-order valence-electron chi connectivity index (χ0n) is 8.64. The van der Waals surface area contributed by atoms with E-state index in [1.807, 2.05) is 0 Å². The Labute approximate surface area is 97.0 Å². The summed E-state index contributed by atoms with van der Waals surface area (Å²) in [5.74, 6) is 0. The van der Waals surface area contributed by atoms with Crippen molar-refractivity contribution in [3.05, 3.63) is 18.2 Å². The molecule has 2 aromatic rings. The molecule has 0 N–H and O–H groups in total. The number of nitrogens with zero attached hydrogens (tertiary/aromatic N) is 2. The maximum Gasteiger partial charge on any atom is 0.297 e. The summed E-state index contributed by atoms with van der Waals surface area (Å²) in [5.41, 5.74) is 0.984. The second-order valence-corrected chi connectivity index (χ2v) is 6.02. The van der Waals surface area contributed by atoms with Gasteiger partial charge in [-0.1, -0.05) is 0 Å². The van der Waals surface area contributed by atoms with E-state index in [1.165, 1.54) is 18.2 Å². The molecule has 0 fully saturated rings. The quantitative estimate of drug-likeness (QED) is 0.771. The van der Waals surface area contributed by atoms with Crippen molar-refractivity contribution in [2.45, 2.75) is 4.90 Å². The average molecular weight is 261 g/mol. The van der Waals surface area contributed by atoms with Gasteiger partial charge >= 0.3 is 0 Å². The molecule has 0 saturated carbocycles. The van der Waals surface area contributed by atoms with Gasteiger partial charge in [0.05, 0.1) is 4.90 Å². The first-order valence-corrected chi connectivity index (χ1v) is 6.71. The van der Waals surface area contributed by atoms with Gasteiger partial charge in [-0.05, 0) is 18.2 Å². The van der Waals surface area contributed by atoms with Crippen molar-refractivity contribution in [1.29, 1.82) is 0 Å². The first kappa shape index (κ1) is 11.2. The molecule has 0 spiro atoms. The number of anilines is 1. The molecule has 0 saturated heterocycles. The van der Waals surface area contributed by atoms with E-state index < -0.39 is 9.05 Å². The van der Waals surface area contributed by atoms with Gasteiger partial charge in [-0.15, -0.1) is 0 Å². The molecule has 0 aliphatic rings. The van der Waals surface area contributed by atoms with Crippen LogP contribution < -0.4 is 4.90 Å². The highest BCUT2D eigenvalue weighted by Crippen LogP contribution is 2.24. The molecule has 1 aromatic carbocycles. The normalized spacial score (nSPS) is 11.9. The molecule has 86 valence electrons. The third kappa shape index (κ3) is 1.98. The van der Waals surface area contributed by atoms with Crippen LogP contribution in [0.5, 0.6) is 0 Å². The maximum absolute atomic E-state index is 11.1. The van der Waals surface area contributed by atoms with Crippen LogP contribution in [0, 0.1) is 0 Å². The number of aromatic nitrogens is 1. The zero-order chi connectivity index (χ0) is 11.9. The topological polar surface area (TPSA) is 63.4 Å². The fourth-order valence-electron chi connectivity index (χ4n) is 1.24. The third-order valence-electron chi connectivity index (χ3n) is 2.01. The van der Waals surface area contributed by atoms with E-state index in [4.69, 9.17) is 15.1 Å². The van der Waals surface area contributed by atoms with Gasteiger partial charge in [-0.3, -0.25) is 0 Å². The molecule has 1 aromatic heterocycles. The summed E-state index contributed by atoms with van der Waals surface area (Å²) in [6, 6.07) is 4.72. The fourth-order valence-corrected chi connectivity index (χ4v) is 2.01. The van der Waals surface area contributed by atoms with Crippen molar-refractivity contribution in [1.82, 2.24) is 4.98 Å². The van der Waals surface area contributed by atoms with Crippen molar-refractivity contribution in [2.75, 3.05) is 19.0 Å². The van der Waals surface area contributed by atoms with Crippen molar-refractivity contribution in [3.8, 4) is 0 Å². The molecule has 2 rings (SSSR count). The Balaban J connectivity index is 2.63. The van der Waals surface area contributed by atoms with Crippen LogP contribution in [0.3, 0.4) is 0 Å². The second-order valence-electron chi connectivity index (χ2n) is 3.46. The smallest absolute Gasteiger partial charge is 0.297 e. The van der Waals surface area contributed by atoms with Crippen LogP contribution in [0.1, 0.15) is 0 Å². The summed E-state index contributed by atoms with van der Waals surface area (Å²) in [7, 11) is 5.07. The van der Waals surface area contributed by atoms with E-state index in [9.17, 15) is 8.42 Å². The predicted octanol–water partition coefficient (Wildman–Crippen LogP) is 1.82. The first-order chi connectivity index (χ1) is 7.38. The largest absolute Gasteiger partial charge is 0.423 e. The first-order valence-electron chi connectivity index (χ1n) is 4.40. The number of hydrogen-bond acceptors (Lipinski definition) is 5. The van der Waals surface area contributed by atoms with Gasteiger partial charge in [0.1, 0.15) is 5.52 Å². The highest BCUT2D eigenvalue weighted by Gasteiger charge is 2.13. The average Bonchev–Trinajstić information content (AvgIpc) is 2.58. The molecule has 0 atom stereocenters. The Morgan fingerprint density at radius 2 is 2.06 bits per heavy atom. The van der Waals surface area contributed by atoms with Gasteiger partial charge in [0.2, 0.25) is 0 Å². The number of fused-ring (bicyclic) bond motifs is 1. The molecule has 0 aliphatic heterocycles. The zero-order valence-corrected chi connectivity index (χ0v) is 10.2. The highest BCUT2D eigenvalue weighted by atomic mass is 35.7. The number of oxazole rings is 1. The van der Waals surface area contributed by atoms with E-state index in [0.29, 0.717) is 17.1 Å². The molecule has 1 heterocycles. The van der Waals surface area contributed by atoms with Gasteiger partial charge in [0, 0.05) is 24.8 Å². The molecule has 0 radical (unpaired) electrons. The number of halogens is 1. The minimum atomic E-state index is -3.73. The summed E-state index contributed by atoms with van der Waals surface area (Å²) in [6.07, 6.45) is 0. The van der Waals surface area contributed by atoms with Crippen LogP contribution in [0.4, 0.5) is 6.01 Å². The van der Waals surface area contributed by atoms with E-state index in [-0.39, 0.29) is 4.90 Å². The fraction of sp³-hybridized carbons (Fsp3) is 0.222. The summed E-state index contributed by atoms with van der Waals surface area (Å²) in [6.45, 7) is 0. The molecule has 0 amide bonds. The van der Waals surface area contributed by atoms with E-state index >= 15 is 0 Å². The van der Waals surface area contributed by atoms with Crippen LogP contribution >= 0.6 is 10.7 Å². The molecular formula is C9H9ClN2O3S.